The summed E-state index contributed by atoms with van der Waals surface area (Å²) in [4.78, 5) is 26.9. The zero-order valence-corrected chi connectivity index (χ0v) is 12.5. The zero-order chi connectivity index (χ0) is 16.7. The van der Waals surface area contributed by atoms with Gasteiger partial charge in [-0.05, 0) is 24.3 Å². The van der Waals surface area contributed by atoms with Crippen molar-refractivity contribution in [3.63, 3.8) is 0 Å². The molecule has 0 unspecified atom stereocenters. The molecule has 0 atom stereocenters. The van der Waals surface area contributed by atoms with Crippen LogP contribution >= 0.6 is 11.6 Å². The Morgan fingerprint density at radius 2 is 2.04 bits per heavy atom. The Morgan fingerprint density at radius 3 is 2.78 bits per heavy atom. The van der Waals surface area contributed by atoms with Crippen LogP contribution in [0.4, 0.5) is 10.1 Å². The lowest BCUT2D eigenvalue weighted by atomic mass is 10.3. The van der Waals surface area contributed by atoms with Crippen LogP contribution in [0.15, 0.2) is 42.6 Å². The summed E-state index contributed by atoms with van der Waals surface area (Å²) in [5.41, 5.74) is 0.311. The van der Waals surface area contributed by atoms with Crippen molar-refractivity contribution in [1.82, 2.24) is 4.98 Å². The van der Waals surface area contributed by atoms with Crippen molar-refractivity contribution >= 4 is 29.2 Å². The zero-order valence-electron chi connectivity index (χ0n) is 11.8. The highest BCUT2D eigenvalue weighted by atomic mass is 35.5. The monoisotopic (exact) mass is 338 g/mol. The molecule has 0 fully saturated rings. The number of carbonyl (C=O) groups is 2. The molecule has 0 aliphatic heterocycles. The molecule has 2 rings (SSSR count). The van der Waals surface area contributed by atoms with E-state index in [1.807, 2.05) is 0 Å². The maximum absolute atomic E-state index is 12.9. The molecule has 0 spiro atoms. The minimum Gasteiger partial charge on any atom is -0.482 e. The molecular formula is C15H12ClFN2O4. The summed E-state index contributed by atoms with van der Waals surface area (Å²) in [6.45, 7) is -0.944. The highest BCUT2D eigenvalue weighted by Gasteiger charge is 2.10. The summed E-state index contributed by atoms with van der Waals surface area (Å²) in [6, 6.07) is 8.47. The molecule has 1 heterocycles. The first kappa shape index (κ1) is 16.7. The largest absolute Gasteiger partial charge is 0.482 e. The van der Waals surface area contributed by atoms with Gasteiger partial charge in [0.1, 0.15) is 11.6 Å². The second-order valence-electron chi connectivity index (χ2n) is 4.30. The fraction of sp³-hybridized carbons (Fsp3) is 0.133. The fourth-order valence-corrected chi connectivity index (χ4v) is 1.72. The molecule has 23 heavy (non-hydrogen) atoms. The molecule has 0 saturated carbocycles. The summed E-state index contributed by atoms with van der Waals surface area (Å²) in [6.07, 6.45) is 1.47. The van der Waals surface area contributed by atoms with E-state index in [-0.39, 0.29) is 10.9 Å². The number of nitrogens with zero attached hydrogens (tertiary/aromatic N) is 1. The van der Waals surface area contributed by atoms with E-state index in [0.29, 0.717) is 5.69 Å². The fourth-order valence-electron chi connectivity index (χ4n) is 1.55. The van der Waals surface area contributed by atoms with Gasteiger partial charge < -0.3 is 14.8 Å². The summed E-state index contributed by atoms with van der Waals surface area (Å²) in [5.74, 6) is -1.63. The van der Waals surface area contributed by atoms with Gasteiger partial charge in [0, 0.05) is 12.3 Å². The number of ether oxygens (including phenoxy) is 2. The number of aromatic nitrogens is 1. The summed E-state index contributed by atoms with van der Waals surface area (Å²) in [7, 11) is 0. The molecule has 1 aromatic carbocycles. The van der Waals surface area contributed by atoms with Crippen molar-refractivity contribution in [1.29, 1.82) is 0 Å². The van der Waals surface area contributed by atoms with E-state index in [4.69, 9.17) is 21.1 Å². The average molecular weight is 339 g/mol. The smallest absolute Gasteiger partial charge is 0.344 e. The topological polar surface area (TPSA) is 77.5 Å². The molecule has 1 N–H and O–H groups in total. The van der Waals surface area contributed by atoms with Gasteiger partial charge in [0.25, 0.3) is 5.91 Å². The third-order valence-corrected chi connectivity index (χ3v) is 2.85. The highest BCUT2D eigenvalue weighted by molar-refractivity contribution is 6.32. The minimum absolute atomic E-state index is 0.126. The number of hydrogen-bond donors (Lipinski definition) is 1. The second-order valence-corrected chi connectivity index (χ2v) is 4.65. The van der Waals surface area contributed by atoms with Crippen molar-refractivity contribution in [3.05, 3.63) is 53.6 Å². The SMILES string of the molecule is O=C(COC(=O)COc1cccc(F)c1)Nc1cccnc1Cl. The lowest BCUT2D eigenvalue weighted by Crippen LogP contribution is -2.23. The van der Waals surface area contributed by atoms with E-state index in [9.17, 15) is 14.0 Å². The molecule has 1 amide bonds. The van der Waals surface area contributed by atoms with E-state index in [1.165, 1.54) is 24.4 Å². The lowest BCUT2D eigenvalue weighted by Gasteiger charge is -2.08. The Morgan fingerprint density at radius 1 is 1.22 bits per heavy atom. The molecule has 0 radical (unpaired) electrons. The Labute approximate surface area is 136 Å². The second kappa shape index (κ2) is 8.09. The van der Waals surface area contributed by atoms with Gasteiger partial charge in [-0.1, -0.05) is 17.7 Å². The van der Waals surface area contributed by atoms with Gasteiger partial charge in [-0.25, -0.2) is 14.2 Å². The normalized spacial score (nSPS) is 10.0. The van der Waals surface area contributed by atoms with Crippen LogP contribution in [0.3, 0.4) is 0 Å². The molecule has 0 aliphatic carbocycles. The standard InChI is InChI=1S/C15H12ClFN2O4/c16-15-12(5-2-6-18-15)19-13(20)8-23-14(21)9-22-11-4-1-3-10(17)7-11/h1-7H,8-9H2,(H,19,20). The van der Waals surface area contributed by atoms with Crippen LogP contribution in [-0.2, 0) is 14.3 Å². The van der Waals surface area contributed by atoms with Gasteiger partial charge in [-0.15, -0.1) is 0 Å². The molecule has 0 bridgehead atoms. The maximum Gasteiger partial charge on any atom is 0.344 e. The molecule has 0 saturated heterocycles. The van der Waals surface area contributed by atoms with Gasteiger partial charge in [-0.3, -0.25) is 4.79 Å². The Balaban J connectivity index is 1.74. The number of rotatable bonds is 6. The molecule has 8 heteroatoms. The summed E-state index contributed by atoms with van der Waals surface area (Å²) in [5, 5.41) is 2.57. The summed E-state index contributed by atoms with van der Waals surface area (Å²) < 4.78 is 22.7. The highest BCUT2D eigenvalue weighted by Crippen LogP contribution is 2.17. The van der Waals surface area contributed by atoms with Crippen LogP contribution in [0.25, 0.3) is 0 Å². The van der Waals surface area contributed by atoms with Crippen molar-refractivity contribution in [2.75, 3.05) is 18.5 Å². The van der Waals surface area contributed by atoms with E-state index in [2.05, 4.69) is 10.3 Å². The van der Waals surface area contributed by atoms with Gasteiger partial charge in [-0.2, -0.15) is 0 Å². The summed E-state index contributed by atoms with van der Waals surface area (Å²) >= 11 is 5.78. The van der Waals surface area contributed by atoms with Crippen LogP contribution in [0.5, 0.6) is 5.75 Å². The lowest BCUT2D eigenvalue weighted by molar-refractivity contribution is -0.149. The van der Waals surface area contributed by atoms with Crippen molar-refractivity contribution in [2.24, 2.45) is 0 Å². The quantitative estimate of drug-likeness (QED) is 0.646. The molecular weight excluding hydrogens is 327 g/mol. The van der Waals surface area contributed by atoms with Crippen LogP contribution < -0.4 is 10.1 Å². The average Bonchev–Trinajstić information content (AvgIpc) is 2.53. The number of esters is 1. The van der Waals surface area contributed by atoms with Crippen molar-refractivity contribution in [2.45, 2.75) is 0 Å². The number of nitrogens with one attached hydrogen (secondary N) is 1. The third-order valence-electron chi connectivity index (χ3n) is 2.55. The van der Waals surface area contributed by atoms with Crippen LogP contribution in [0.1, 0.15) is 0 Å². The molecule has 6 nitrogen and oxygen atoms in total. The molecule has 120 valence electrons. The van der Waals surface area contributed by atoms with Gasteiger partial charge >= 0.3 is 5.97 Å². The van der Waals surface area contributed by atoms with E-state index >= 15 is 0 Å². The number of halogens is 2. The Hall–Kier alpha value is -2.67. The number of carbonyl (C=O) groups excluding carboxylic acids is 2. The van der Waals surface area contributed by atoms with Crippen LogP contribution in [0.2, 0.25) is 5.15 Å². The van der Waals surface area contributed by atoms with E-state index < -0.39 is 30.9 Å². The number of amides is 1. The molecule has 0 aliphatic rings. The van der Waals surface area contributed by atoms with Crippen LogP contribution in [0, 0.1) is 5.82 Å². The van der Waals surface area contributed by atoms with Gasteiger partial charge in [0.05, 0.1) is 5.69 Å². The third kappa shape index (κ3) is 5.55. The van der Waals surface area contributed by atoms with E-state index in [1.54, 1.807) is 12.1 Å². The molecule has 1 aromatic heterocycles. The van der Waals surface area contributed by atoms with Crippen molar-refractivity contribution < 1.29 is 23.5 Å². The minimum atomic E-state index is -0.762. The number of benzene rings is 1. The maximum atomic E-state index is 12.9. The van der Waals surface area contributed by atoms with Crippen LogP contribution in [-0.4, -0.2) is 30.1 Å². The predicted octanol–water partition coefficient (Wildman–Crippen LogP) is 2.43. The van der Waals surface area contributed by atoms with E-state index in [0.717, 1.165) is 6.07 Å². The first-order chi connectivity index (χ1) is 11.0. The van der Waals surface area contributed by atoms with Gasteiger partial charge in [0.15, 0.2) is 18.4 Å². The number of pyridine rings is 1. The Kier molecular flexibility index (Phi) is 5.87. The van der Waals surface area contributed by atoms with Gasteiger partial charge in [0.2, 0.25) is 0 Å². The number of hydrogen-bond acceptors (Lipinski definition) is 5. The first-order valence-electron chi connectivity index (χ1n) is 6.49. The molecule has 2 aromatic rings. The van der Waals surface area contributed by atoms with Crippen molar-refractivity contribution in [3.8, 4) is 5.75 Å². The predicted molar refractivity (Wildman–Crippen MR) is 80.7 cm³/mol. The number of anilines is 1. The Bertz CT molecular complexity index is 711. The first-order valence-corrected chi connectivity index (χ1v) is 6.87.